The van der Waals surface area contributed by atoms with E-state index in [1.807, 2.05) is 18.2 Å². The van der Waals surface area contributed by atoms with Crippen LogP contribution in [0.2, 0.25) is 5.02 Å². The fourth-order valence-corrected chi connectivity index (χ4v) is 4.79. The van der Waals surface area contributed by atoms with Crippen molar-refractivity contribution in [2.75, 3.05) is 23.3 Å². The fraction of sp³-hybridized carbons (Fsp3) is 0.542. The second kappa shape index (κ2) is 8.99. The van der Waals surface area contributed by atoms with Crippen molar-refractivity contribution in [3.8, 4) is 0 Å². The molecule has 2 N–H and O–H groups in total. The van der Waals surface area contributed by atoms with E-state index in [0.29, 0.717) is 41.6 Å². The minimum atomic E-state index is -0.855. The van der Waals surface area contributed by atoms with Gasteiger partial charge in [0.25, 0.3) is 0 Å². The lowest BCUT2D eigenvalue weighted by Crippen LogP contribution is -2.39. The van der Waals surface area contributed by atoms with Gasteiger partial charge >= 0.3 is 5.69 Å². The summed E-state index contributed by atoms with van der Waals surface area (Å²) in [5.41, 5.74) is 1.43. The Kier molecular flexibility index (Phi) is 6.42. The van der Waals surface area contributed by atoms with Crippen LogP contribution in [0.25, 0.3) is 11.0 Å². The highest BCUT2D eigenvalue weighted by Gasteiger charge is 2.24. The van der Waals surface area contributed by atoms with Gasteiger partial charge in [0.1, 0.15) is 5.02 Å². The van der Waals surface area contributed by atoms with Crippen LogP contribution in [0.15, 0.2) is 29.2 Å². The van der Waals surface area contributed by atoms with Gasteiger partial charge in [0.15, 0.2) is 5.82 Å². The smallest absolute Gasteiger partial charge is 0.328 e. The van der Waals surface area contributed by atoms with Crippen LogP contribution in [0.1, 0.15) is 40.5 Å². The number of aliphatic hydroxyl groups is 1. The topological polar surface area (TPSA) is 88.2 Å². The Bertz CT molecular complexity index is 1200. The van der Waals surface area contributed by atoms with Gasteiger partial charge in [-0.1, -0.05) is 25.4 Å². The molecule has 1 fully saturated rings. The molecule has 2 atom stereocenters. The number of hydrogen-bond acceptors (Lipinski definition) is 6. The predicted molar refractivity (Wildman–Crippen MR) is 134 cm³/mol. The number of rotatable bonds is 6. The van der Waals surface area contributed by atoms with E-state index in [4.69, 9.17) is 16.6 Å². The summed E-state index contributed by atoms with van der Waals surface area (Å²) in [5.74, 6) is 2.38. The van der Waals surface area contributed by atoms with Gasteiger partial charge in [0.2, 0.25) is 5.95 Å². The number of piperidine rings is 1. The number of halogens is 1. The van der Waals surface area contributed by atoms with E-state index in [9.17, 15) is 9.90 Å². The number of fused-ring (bicyclic) bond motifs is 1. The molecule has 3 heterocycles. The molecule has 1 aliphatic heterocycles. The lowest BCUT2D eigenvalue weighted by atomic mass is 9.92. The molecule has 0 spiro atoms. The first-order chi connectivity index (χ1) is 15.5. The molecule has 0 bridgehead atoms. The van der Waals surface area contributed by atoms with E-state index >= 15 is 0 Å². The van der Waals surface area contributed by atoms with Crippen LogP contribution in [0.4, 0.5) is 17.5 Å². The molecule has 0 amide bonds. The van der Waals surface area contributed by atoms with E-state index < -0.39 is 5.60 Å². The molecule has 2 aromatic heterocycles. The maximum absolute atomic E-state index is 12.8. The summed E-state index contributed by atoms with van der Waals surface area (Å²) < 4.78 is 3.32. The van der Waals surface area contributed by atoms with E-state index in [0.717, 1.165) is 29.8 Å². The number of aryl methyl sites for hydroxylation is 2. The number of imidazole rings is 1. The highest BCUT2D eigenvalue weighted by Crippen LogP contribution is 2.29. The Labute approximate surface area is 199 Å². The van der Waals surface area contributed by atoms with Crippen molar-refractivity contribution in [1.29, 1.82) is 0 Å². The Morgan fingerprint density at radius 3 is 2.58 bits per heavy atom. The summed E-state index contributed by atoms with van der Waals surface area (Å²) in [6.45, 7) is 10.3. The highest BCUT2D eigenvalue weighted by molar-refractivity contribution is 6.32. The fourth-order valence-electron chi connectivity index (χ4n) is 4.65. The third-order valence-electron chi connectivity index (χ3n) is 6.24. The lowest BCUT2D eigenvalue weighted by molar-refractivity contribution is 0.0662. The molecule has 9 heteroatoms. The molecule has 0 unspecified atom stereocenters. The minimum Gasteiger partial charge on any atom is -0.390 e. The van der Waals surface area contributed by atoms with Crippen molar-refractivity contribution in [2.24, 2.45) is 18.9 Å². The zero-order valence-electron chi connectivity index (χ0n) is 20.0. The van der Waals surface area contributed by atoms with E-state index in [1.54, 1.807) is 36.2 Å². The third kappa shape index (κ3) is 5.17. The second-order valence-corrected chi connectivity index (χ2v) is 10.5. The van der Waals surface area contributed by atoms with E-state index in [2.05, 4.69) is 29.0 Å². The van der Waals surface area contributed by atoms with Crippen molar-refractivity contribution < 1.29 is 5.11 Å². The number of hydrogen-bond donors (Lipinski definition) is 2. The number of nitrogens with zero attached hydrogens (tertiary/aromatic N) is 5. The van der Waals surface area contributed by atoms with Crippen LogP contribution in [0.5, 0.6) is 0 Å². The summed E-state index contributed by atoms with van der Waals surface area (Å²) in [6.07, 6.45) is 3.31. The Balaban J connectivity index is 1.64. The normalized spacial score (nSPS) is 19.3. The molecule has 1 aromatic carbocycles. The molecular weight excluding hydrogens is 440 g/mol. The summed E-state index contributed by atoms with van der Waals surface area (Å²) >= 11 is 6.43. The summed E-state index contributed by atoms with van der Waals surface area (Å²) in [5, 5.41) is 13.9. The van der Waals surface area contributed by atoms with Crippen molar-refractivity contribution in [3.63, 3.8) is 0 Å². The average molecular weight is 473 g/mol. The van der Waals surface area contributed by atoms with Crippen molar-refractivity contribution in [1.82, 2.24) is 19.1 Å². The van der Waals surface area contributed by atoms with Gasteiger partial charge in [-0.2, -0.15) is 4.98 Å². The number of nitrogens with one attached hydrogen (secondary N) is 1. The quantitative estimate of drug-likeness (QED) is 0.559. The maximum atomic E-state index is 12.8. The van der Waals surface area contributed by atoms with Crippen LogP contribution < -0.4 is 15.9 Å². The van der Waals surface area contributed by atoms with Crippen LogP contribution in [-0.2, 0) is 13.6 Å². The monoisotopic (exact) mass is 472 g/mol. The van der Waals surface area contributed by atoms with Crippen LogP contribution in [-0.4, -0.2) is 42.9 Å². The standard InChI is InChI=1S/C24H33ClN6O2/c1-15-10-16(2)14-30(13-15)22-26-12-18(25)21(28-22)27-17-6-7-19-20(11-17)31(23(32)29(19)5)9-8-24(3,4)33/h6-7,11-12,15-16,33H,8-10,13-14H2,1-5H3,(H,26,27,28)/t15-,16+. The van der Waals surface area contributed by atoms with Gasteiger partial charge < -0.3 is 15.3 Å². The molecule has 178 valence electrons. The first-order valence-corrected chi connectivity index (χ1v) is 11.9. The SMILES string of the molecule is C[C@@H]1C[C@H](C)CN(c2ncc(Cl)c(Nc3ccc4c(c3)n(CCC(C)(C)O)c(=O)n4C)n2)C1. The lowest BCUT2D eigenvalue weighted by Gasteiger charge is -2.35. The summed E-state index contributed by atoms with van der Waals surface area (Å²) in [4.78, 5) is 24.2. The van der Waals surface area contributed by atoms with Crippen LogP contribution >= 0.6 is 11.6 Å². The first kappa shape index (κ1) is 23.6. The maximum Gasteiger partial charge on any atom is 0.328 e. The summed E-state index contributed by atoms with van der Waals surface area (Å²) in [7, 11) is 1.76. The first-order valence-electron chi connectivity index (χ1n) is 11.5. The second-order valence-electron chi connectivity index (χ2n) is 10.1. The van der Waals surface area contributed by atoms with Crippen molar-refractivity contribution in [2.45, 2.75) is 52.7 Å². The zero-order valence-corrected chi connectivity index (χ0v) is 20.7. The third-order valence-corrected chi connectivity index (χ3v) is 6.52. The van der Waals surface area contributed by atoms with Crippen LogP contribution in [0, 0.1) is 11.8 Å². The molecule has 3 aromatic rings. The van der Waals surface area contributed by atoms with Gasteiger partial charge in [-0.25, -0.2) is 9.78 Å². The molecule has 1 saturated heterocycles. The molecule has 33 heavy (non-hydrogen) atoms. The molecule has 8 nitrogen and oxygen atoms in total. The molecular formula is C24H33ClN6O2. The largest absolute Gasteiger partial charge is 0.390 e. The zero-order chi connectivity index (χ0) is 23.9. The molecule has 1 aliphatic rings. The molecule has 0 saturated carbocycles. The number of anilines is 3. The van der Waals surface area contributed by atoms with Gasteiger partial charge in [-0.05, 0) is 56.7 Å². The molecule has 0 radical (unpaired) electrons. The van der Waals surface area contributed by atoms with E-state index in [-0.39, 0.29) is 5.69 Å². The van der Waals surface area contributed by atoms with Gasteiger partial charge in [-0.3, -0.25) is 9.13 Å². The van der Waals surface area contributed by atoms with E-state index in [1.165, 1.54) is 6.42 Å². The molecule has 4 rings (SSSR count). The van der Waals surface area contributed by atoms with Crippen LogP contribution in [0.3, 0.4) is 0 Å². The number of aromatic nitrogens is 4. The Morgan fingerprint density at radius 1 is 1.21 bits per heavy atom. The Morgan fingerprint density at radius 2 is 1.91 bits per heavy atom. The van der Waals surface area contributed by atoms with Gasteiger partial charge in [0.05, 0.1) is 22.8 Å². The van der Waals surface area contributed by atoms with Gasteiger partial charge in [0, 0.05) is 32.4 Å². The highest BCUT2D eigenvalue weighted by atomic mass is 35.5. The van der Waals surface area contributed by atoms with Crippen molar-refractivity contribution >= 4 is 40.1 Å². The minimum absolute atomic E-state index is 0.109. The summed E-state index contributed by atoms with van der Waals surface area (Å²) in [6, 6.07) is 5.74. The number of benzene rings is 1. The van der Waals surface area contributed by atoms with Gasteiger partial charge in [-0.15, -0.1) is 0 Å². The average Bonchev–Trinajstić information content (AvgIpc) is 2.96. The predicted octanol–water partition coefficient (Wildman–Crippen LogP) is 4.17. The molecule has 0 aliphatic carbocycles. The Hall–Kier alpha value is -2.58. The van der Waals surface area contributed by atoms with Crippen molar-refractivity contribution in [3.05, 3.63) is 39.9 Å².